The molecule has 0 aliphatic heterocycles. The summed E-state index contributed by atoms with van der Waals surface area (Å²) in [5.74, 6) is 0.806. The normalized spacial score (nSPS) is 11.5. The van der Waals surface area contributed by atoms with E-state index in [0.717, 1.165) is 31.2 Å². The summed E-state index contributed by atoms with van der Waals surface area (Å²) in [6.07, 6.45) is 2.53. The number of aromatic nitrogens is 1. The second-order valence-corrected chi connectivity index (χ2v) is 5.16. The number of rotatable bonds is 9. The molecular weight excluding hydrogens is 234 g/mol. The van der Waals surface area contributed by atoms with E-state index in [-0.39, 0.29) is 0 Å². The minimum absolute atomic E-state index is 0.806. The Morgan fingerprint density at radius 1 is 1.16 bits per heavy atom. The van der Waals surface area contributed by atoms with Gasteiger partial charge in [-0.2, -0.15) is 0 Å². The molecule has 108 valence electrons. The first-order valence-electron chi connectivity index (χ1n) is 7.55. The van der Waals surface area contributed by atoms with Crippen LogP contribution in [0.4, 0.5) is 0 Å². The van der Waals surface area contributed by atoms with E-state index in [1.165, 1.54) is 25.1 Å². The number of nitrogens with zero attached hydrogens (tertiary/aromatic N) is 2. The van der Waals surface area contributed by atoms with Gasteiger partial charge in [-0.15, -0.1) is 0 Å². The van der Waals surface area contributed by atoms with E-state index in [0.29, 0.717) is 0 Å². The van der Waals surface area contributed by atoms with Gasteiger partial charge in [0.05, 0.1) is 11.4 Å². The molecule has 3 heteroatoms. The molecule has 1 N–H and O–H groups in total. The average molecular weight is 263 g/mol. The van der Waals surface area contributed by atoms with Crippen molar-refractivity contribution < 1.29 is 0 Å². The van der Waals surface area contributed by atoms with E-state index >= 15 is 0 Å². The van der Waals surface area contributed by atoms with Gasteiger partial charge < -0.3 is 5.32 Å². The van der Waals surface area contributed by atoms with E-state index in [9.17, 15) is 0 Å². The Morgan fingerprint density at radius 3 is 2.42 bits per heavy atom. The molecule has 0 bridgehead atoms. The largest absolute Gasteiger partial charge is 0.314 e. The maximum Gasteiger partial charge on any atom is 0.0547 e. The first-order valence-corrected chi connectivity index (χ1v) is 7.55. The van der Waals surface area contributed by atoms with Crippen molar-refractivity contribution in [1.29, 1.82) is 0 Å². The molecule has 0 aliphatic rings. The molecule has 3 nitrogen and oxygen atoms in total. The van der Waals surface area contributed by atoms with E-state index in [4.69, 9.17) is 4.98 Å². The summed E-state index contributed by atoms with van der Waals surface area (Å²) in [4.78, 5) is 7.21. The number of hydrogen-bond donors (Lipinski definition) is 1. The van der Waals surface area contributed by atoms with Crippen molar-refractivity contribution in [3.63, 3.8) is 0 Å². The standard InChI is InChI=1S/C16H29N3/c1-5-14(6-2)12-19(7-3)13-16-10-8-9-15(18-16)11-17-4/h8-10,14,17H,5-7,11-13H2,1-4H3. The van der Waals surface area contributed by atoms with Crippen LogP contribution in [-0.4, -0.2) is 30.0 Å². The van der Waals surface area contributed by atoms with Gasteiger partial charge in [0.2, 0.25) is 0 Å². The van der Waals surface area contributed by atoms with E-state index in [1.54, 1.807) is 0 Å². The zero-order chi connectivity index (χ0) is 14.1. The lowest BCUT2D eigenvalue weighted by Gasteiger charge is -2.25. The van der Waals surface area contributed by atoms with Crippen LogP contribution in [0.5, 0.6) is 0 Å². The zero-order valence-electron chi connectivity index (χ0n) is 12.9. The first kappa shape index (κ1) is 16.1. The average Bonchev–Trinajstić information content (AvgIpc) is 2.44. The predicted molar refractivity (Wildman–Crippen MR) is 82.0 cm³/mol. The smallest absolute Gasteiger partial charge is 0.0547 e. The molecule has 0 saturated carbocycles. The Bertz CT molecular complexity index is 348. The van der Waals surface area contributed by atoms with Gasteiger partial charge in [-0.25, -0.2) is 0 Å². The lowest BCUT2D eigenvalue weighted by Crippen LogP contribution is -2.29. The third kappa shape index (κ3) is 5.70. The Morgan fingerprint density at radius 2 is 1.84 bits per heavy atom. The maximum absolute atomic E-state index is 4.71. The van der Waals surface area contributed by atoms with Gasteiger partial charge in [-0.1, -0.05) is 39.7 Å². The Labute approximate surface area is 118 Å². The predicted octanol–water partition coefficient (Wildman–Crippen LogP) is 3.06. The highest BCUT2D eigenvalue weighted by Gasteiger charge is 2.11. The van der Waals surface area contributed by atoms with E-state index in [1.807, 2.05) is 7.05 Å². The van der Waals surface area contributed by atoms with Crippen LogP contribution in [0.2, 0.25) is 0 Å². The minimum Gasteiger partial charge on any atom is -0.314 e. The van der Waals surface area contributed by atoms with Crippen LogP contribution in [0.15, 0.2) is 18.2 Å². The second-order valence-electron chi connectivity index (χ2n) is 5.16. The molecule has 0 amide bonds. The van der Waals surface area contributed by atoms with Crippen LogP contribution in [0.1, 0.15) is 45.0 Å². The fourth-order valence-corrected chi connectivity index (χ4v) is 2.34. The molecule has 0 aliphatic carbocycles. The van der Waals surface area contributed by atoms with Gasteiger partial charge in [0.15, 0.2) is 0 Å². The summed E-state index contributed by atoms with van der Waals surface area (Å²) in [5.41, 5.74) is 2.30. The summed E-state index contributed by atoms with van der Waals surface area (Å²) in [7, 11) is 1.96. The molecule has 0 aromatic carbocycles. The van der Waals surface area contributed by atoms with Gasteiger partial charge in [0.1, 0.15) is 0 Å². The van der Waals surface area contributed by atoms with Gasteiger partial charge in [-0.3, -0.25) is 9.88 Å². The van der Waals surface area contributed by atoms with Crippen molar-refractivity contribution >= 4 is 0 Å². The lowest BCUT2D eigenvalue weighted by atomic mass is 10.0. The van der Waals surface area contributed by atoms with Crippen molar-refractivity contribution in [2.75, 3.05) is 20.1 Å². The molecular formula is C16H29N3. The highest BCUT2D eigenvalue weighted by atomic mass is 15.1. The fraction of sp³-hybridized carbons (Fsp3) is 0.688. The summed E-state index contributed by atoms with van der Waals surface area (Å²) >= 11 is 0. The van der Waals surface area contributed by atoms with Gasteiger partial charge in [-0.05, 0) is 31.6 Å². The Hall–Kier alpha value is -0.930. The number of nitrogens with one attached hydrogen (secondary N) is 1. The maximum atomic E-state index is 4.71. The van der Waals surface area contributed by atoms with Crippen molar-refractivity contribution in [1.82, 2.24) is 15.2 Å². The van der Waals surface area contributed by atoms with Crippen molar-refractivity contribution in [2.24, 2.45) is 5.92 Å². The summed E-state index contributed by atoms with van der Waals surface area (Å²) in [5, 5.41) is 3.15. The van der Waals surface area contributed by atoms with Crippen molar-refractivity contribution in [3.05, 3.63) is 29.6 Å². The van der Waals surface area contributed by atoms with Gasteiger partial charge in [0, 0.05) is 19.6 Å². The van der Waals surface area contributed by atoms with Crippen LogP contribution in [0.25, 0.3) is 0 Å². The molecule has 0 unspecified atom stereocenters. The van der Waals surface area contributed by atoms with Crippen LogP contribution in [-0.2, 0) is 13.1 Å². The third-order valence-corrected chi connectivity index (χ3v) is 3.73. The molecule has 0 atom stereocenters. The molecule has 0 radical (unpaired) electrons. The fourth-order valence-electron chi connectivity index (χ4n) is 2.34. The quantitative estimate of drug-likeness (QED) is 0.742. The number of hydrogen-bond acceptors (Lipinski definition) is 3. The van der Waals surface area contributed by atoms with Crippen LogP contribution >= 0.6 is 0 Å². The van der Waals surface area contributed by atoms with E-state index < -0.39 is 0 Å². The number of pyridine rings is 1. The van der Waals surface area contributed by atoms with Crippen LogP contribution in [0.3, 0.4) is 0 Å². The zero-order valence-corrected chi connectivity index (χ0v) is 12.9. The van der Waals surface area contributed by atoms with E-state index in [2.05, 4.69) is 49.2 Å². The molecule has 19 heavy (non-hydrogen) atoms. The molecule has 1 aromatic heterocycles. The molecule has 0 spiro atoms. The topological polar surface area (TPSA) is 28.2 Å². The Kier molecular flexibility index (Phi) is 7.68. The summed E-state index contributed by atoms with van der Waals surface area (Å²) in [6.45, 7) is 10.9. The lowest BCUT2D eigenvalue weighted by molar-refractivity contribution is 0.224. The first-order chi connectivity index (χ1) is 9.23. The summed E-state index contributed by atoms with van der Waals surface area (Å²) < 4.78 is 0. The van der Waals surface area contributed by atoms with Crippen molar-refractivity contribution in [3.8, 4) is 0 Å². The minimum atomic E-state index is 0.806. The Balaban J connectivity index is 2.61. The molecule has 1 heterocycles. The molecule has 1 aromatic rings. The van der Waals surface area contributed by atoms with Crippen molar-refractivity contribution in [2.45, 2.75) is 46.7 Å². The highest BCUT2D eigenvalue weighted by molar-refractivity contribution is 5.11. The monoisotopic (exact) mass is 263 g/mol. The SMILES string of the molecule is CCC(CC)CN(CC)Cc1cccc(CNC)n1. The molecule has 0 fully saturated rings. The molecule has 0 saturated heterocycles. The summed E-state index contributed by atoms with van der Waals surface area (Å²) in [6, 6.07) is 6.33. The third-order valence-electron chi connectivity index (χ3n) is 3.73. The van der Waals surface area contributed by atoms with Crippen LogP contribution in [0, 0.1) is 5.92 Å². The molecule has 1 rings (SSSR count). The van der Waals surface area contributed by atoms with Gasteiger partial charge in [0.25, 0.3) is 0 Å². The second kappa shape index (κ2) is 9.05. The highest BCUT2D eigenvalue weighted by Crippen LogP contribution is 2.12. The van der Waals surface area contributed by atoms with Gasteiger partial charge >= 0.3 is 0 Å². The van der Waals surface area contributed by atoms with Crippen LogP contribution < -0.4 is 5.32 Å².